The molecule has 3 aromatic rings. The summed E-state index contributed by atoms with van der Waals surface area (Å²) in [4.78, 5) is 28.8. The Bertz CT molecular complexity index is 1150. The third-order valence-electron chi connectivity index (χ3n) is 6.42. The van der Waals surface area contributed by atoms with Crippen LogP contribution in [-0.2, 0) is 22.6 Å². The van der Waals surface area contributed by atoms with Gasteiger partial charge in [0.15, 0.2) is 6.61 Å². The van der Waals surface area contributed by atoms with Gasteiger partial charge in [-0.2, -0.15) is 0 Å². The molecule has 0 unspecified atom stereocenters. The Labute approximate surface area is 225 Å². The molecule has 5 nitrogen and oxygen atoms in total. The molecule has 3 aromatic carbocycles. The van der Waals surface area contributed by atoms with Crippen LogP contribution in [0.4, 0.5) is 0 Å². The summed E-state index contributed by atoms with van der Waals surface area (Å²) in [6, 6.07) is 24.2. The SMILES string of the molecule is CC[C@H](C)NC(=O)[C@H](Cc1ccccc1)N(Cc1cccc(Cl)c1)C(=O)COc1ccc(C(C)C)cc1. The number of nitrogens with one attached hydrogen (secondary N) is 1. The fraction of sp³-hybridized carbons (Fsp3) is 0.355. The topological polar surface area (TPSA) is 58.6 Å². The van der Waals surface area contributed by atoms with E-state index in [1.54, 1.807) is 11.0 Å². The minimum absolute atomic E-state index is 0.00961. The van der Waals surface area contributed by atoms with Crippen molar-refractivity contribution in [3.8, 4) is 5.75 Å². The first kappa shape index (κ1) is 28.3. The largest absolute Gasteiger partial charge is 0.484 e. The highest BCUT2D eigenvalue weighted by molar-refractivity contribution is 6.30. The van der Waals surface area contributed by atoms with Crippen LogP contribution in [0.15, 0.2) is 78.9 Å². The van der Waals surface area contributed by atoms with Crippen molar-refractivity contribution < 1.29 is 14.3 Å². The summed E-state index contributed by atoms with van der Waals surface area (Å²) in [6.45, 7) is 8.30. The maximum Gasteiger partial charge on any atom is 0.261 e. The van der Waals surface area contributed by atoms with Gasteiger partial charge in [0.05, 0.1) is 0 Å². The van der Waals surface area contributed by atoms with Gasteiger partial charge >= 0.3 is 0 Å². The number of amides is 2. The molecule has 0 saturated carbocycles. The summed E-state index contributed by atoms with van der Waals surface area (Å²) in [5.41, 5.74) is 3.02. The van der Waals surface area contributed by atoms with Gasteiger partial charge in [0.2, 0.25) is 5.91 Å². The second kappa shape index (κ2) is 13.8. The van der Waals surface area contributed by atoms with Crippen molar-refractivity contribution in [2.45, 2.75) is 65.1 Å². The number of hydrogen-bond acceptors (Lipinski definition) is 3. The number of ether oxygens (including phenoxy) is 1. The molecule has 0 aliphatic carbocycles. The van der Waals surface area contributed by atoms with E-state index in [0.717, 1.165) is 17.5 Å². The molecule has 1 N–H and O–H groups in total. The Morgan fingerprint density at radius 2 is 1.59 bits per heavy atom. The van der Waals surface area contributed by atoms with Gasteiger partial charge in [0, 0.05) is 24.0 Å². The number of nitrogens with zero attached hydrogens (tertiary/aromatic N) is 1. The second-order valence-electron chi connectivity index (χ2n) is 9.69. The van der Waals surface area contributed by atoms with E-state index in [1.165, 1.54) is 5.56 Å². The van der Waals surface area contributed by atoms with Gasteiger partial charge in [-0.15, -0.1) is 0 Å². The lowest BCUT2D eigenvalue weighted by Crippen LogP contribution is -2.53. The van der Waals surface area contributed by atoms with Crippen LogP contribution >= 0.6 is 11.6 Å². The summed E-state index contributed by atoms with van der Waals surface area (Å²) in [6.07, 6.45) is 1.18. The van der Waals surface area contributed by atoms with Crippen LogP contribution < -0.4 is 10.1 Å². The van der Waals surface area contributed by atoms with Crippen molar-refractivity contribution >= 4 is 23.4 Å². The molecule has 0 heterocycles. The first-order valence-corrected chi connectivity index (χ1v) is 13.3. The van der Waals surface area contributed by atoms with Crippen molar-refractivity contribution in [3.05, 3.63) is 101 Å². The Balaban J connectivity index is 1.89. The predicted molar refractivity (Wildman–Crippen MR) is 150 cm³/mol. The fourth-order valence-electron chi connectivity index (χ4n) is 4.00. The Morgan fingerprint density at radius 1 is 0.919 bits per heavy atom. The molecule has 6 heteroatoms. The van der Waals surface area contributed by atoms with Gasteiger partial charge in [-0.05, 0) is 60.2 Å². The van der Waals surface area contributed by atoms with E-state index in [0.29, 0.717) is 23.1 Å². The molecule has 0 fully saturated rings. The summed E-state index contributed by atoms with van der Waals surface area (Å²) in [7, 11) is 0. The number of halogens is 1. The quantitative estimate of drug-likeness (QED) is 0.301. The molecule has 0 saturated heterocycles. The normalized spacial score (nSPS) is 12.6. The lowest BCUT2D eigenvalue weighted by molar-refractivity contribution is -0.143. The molecule has 0 bridgehead atoms. The van der Waals surface area contributed by atoms with Crippen LogP contribution in [0, 0.1) is 0 Å². The van der Waals surface area contributed by atoms with Crippen molar-refractivity contribution in [1.29, 1.82) is 0 Å². The number of carbonyl (C=O) groups excluding carboxylic acids is 2. The zero-order valence-electron chi connectivity index (χ0n) is 22.1. The first-order chi connectivity index (χ1) is 17.8. The molecule has 0 aliphatic rings. The standard InChI is InChI=1S/C31H37ClN2O3/c1-5-23(4)33-31(36)29(19-24-10-7-6-8-11-24)34(20-25-12-9-13-27(32)18-25)30(35)21-37-28-16-14-26(15-17-28)22(2)3/h6-18,22-23,29H,5,19-21H2,1-4H3,(H,33,36)/t23-,29-/m0/s1. The van der Waals surface area contributed by atoms with Gasteiger partial charge < -0.3 is 15.0 Å². The van der Waals surface area contributed by atoms with Crippen molar-refractivity contribution in [3.63, 3.8) is 0 Å². The highest BCUT2D eigenvalue weighted by Gasteiger charge is 2.31. The molecular formula is C31H37ClN2O3. The predicted octanol–water partition coefficient (Wildman–Crippen LogP) is 6.40. The maximum absolute atomic E-state index is 13.7. The summed E-state index contributed by atoms with van der Waals surface area (Å²) in [5, 5.41) is 3.65. The first-order valence-electron chi connectivity index (χ1n) is 12.9. The molecule has 3 rings (SSSR count). The third kappa shape index (κ3) is 8.64. The van der Waals surface area contributed by atoms with E-state index in [1.807, 2.05) is 86.6 Å². The minimum atomic E-state index is -0.713. The van der Waals surface area contributed by atoms with Crippen LogP contribution in [0.25, 0.3) is 0 Å². The Morgan fingerprint density at radius 3 is 2.22 bits per heavy atom. The molecule has 0 radical (unpaired) electrons. The monoisotopic (exact) mass is 520 g/mol. The van der Waals surface area contributed by atoms with E-state index in [2.05, 4.69) is 19.2 Å². The van der Waals surface area contributed by atoms with Crippen LogP contribution in [0.3, 0.4) is 0 Å². The number of carbonyl (C=O) groups is 2. The van der Waals surface area contributed by atoms with Crippen LogP contribution in [0.2, 0.25) is 5.02 Å². The molecule has 37 heavy (non-hydrogen) atoms. The van der Waals surface area contributed by atoms with E-state index in [9.17, 15) is 9.59 Å². The molecule has 2 atom stereocenters. The molecule has 2 amide bonds. The average Bonchev–Trinajstić information content (AvgIpc) is 2.90. The summed E-state index contributed by atoms with van der Waals surface area (Å²) in [5.74, 6) is 0.568. The zero-order valence-corrected chi connectivity index (χ0v) is 22.9. The van der Waals surface area contributed by atoms with E-state index < -0.39 is 6.04 Å². The second-order valence-corrected chi connectivity index (χ2v) is 10.1. The zero-order chi connectivity index (χ0) is 26.8. The lowest BCUT2D eigenvalue weighted by Gasteiger charge is -2.32. The molecule has 196 valence electrons. The Kier molecular flexibility index (Phi) is 10.6. The van der Waals surface area contributed by atoms with Gasteiger partial charge in [-0.25, -0.2) is 0 Å². The molecule has 0 spiro atoms. The highest BCUT2D eigenvalue weighted by Crippen LogP contribution is 2.20. The van der Waals surface area contributed by atoms with E-state index in [-0.39, 0.29) is 31.0 Å². The number of benzene rings is 3. The van der Waals surface area contributed by atoms with Crippen LogP contribution in [0.5, 0.6) is 5.75 Å². The molecule has 0 aromatic heterocycles. The highest BCUT2D eigenvalue weighted by atomic mass is 35.5. The minimum Gasteiger partial charge on any atom is -0.484 e. The van der Waals surface area contributed by atoms with E-state index >= 15 is 0 Å². The average molecular weight is 521 g/mol. The van der Waals surface area contributed by atoms with Crippen molar-refractivity contribution in [2.24, 2.45) is 0 Å². The summed E-state index contributed by atoms with van der Waals surface area (Å²) >= 11 is 6.24. The van der Waals surface area contributed by atoms with Gasteiger partial charge in [-0.3, -0.25) is 9.59 Å². The maximum atomic E-state index is 13.7. The fourth-order valence-corrected chi connectivity index (χ4v) is 4.22. The van der Waals surface area contributed by atoms with Crippen LogP contribution in [-0.4, -0.2) is 35.4 Å². The van der Waals surface area contributed by atoms with Gasteiger partial charge in [0.25, 0.3) is 5.91 Å². The Hall–Kier alpha value is -3.31. The third-order valence-corrected chi connectivity index (χ3v) is 6.66. The smallest absolute Gasteiger partial charge is 0.261 e. The molecular weight excluding hydrogens is 484 g/mol. The molecule has 0 aliphatic heterocycles. The van der Waals surface area contributed by atoms with Crippen LogP contribution in [0.1, 0.15) is 56.7 Å². The van der Waals surface area contributed by atoms with Crippen molar-refractivity contribution in [1.82, 2.24) is 10.2 Å². The summed E-state index contributed by atoms with van der Waals surface area (Å²) < 4.78 is 5.88. The lowest BCUT2D eigenvalue weighted by atomic mass is 10.0. The number of hydrogen-bond donors (Lipinski definition) is 1. The number of rotatable bonds is 12. The van der Waals surface area contributed by atoms with E-state index in [4.69, 9.17) is 16.3 Å². The van der Waals surface area contributed by atoms with Gasteiger partial charge in [0.1, 0.15) is 11.8 Å². The van der Waals surface area contributed by atoms with Gasteiger partial charge in [-0.1, -0.05) is 87.0 Å². The van der Waals surface area contributed by atoms with Crippen molar-refractivity contribution in [2.75, 3.05) is 6.61 Å².